The summed E-state index contributed by atoms with van der Waals surface area (Å²) in [6.45, 7) is 3.68. The number of carbonyl (C=O) groups is 1. The summed E-state index contributed by atoms with van der Waals surface area (Å²) >= 11 is 11.4. The van der Waals surface area contributed by atoms with Crippen LogP contribution in [0, 0.1) is 13.8 Å². The number of amides is 2. The Kier molecular flexibility index (Phi) is 4.28. The first-order valence-corrected chi connectivity index (χ1v) is 6.93. The van der Waals surface area contributed by atoms with Crippen molar-refractivity contribution in [3.63, 3.8) is 0 Å². The van der Waals surface area contributed by atoms with E-state index in [2.05, 4.69) is 28.3 Å². The van der Waals surface area contributed by atoms with E-state index in [9.17, 15) is 4.79 Å². The van der Waals surface area contributed by atoms with Gasteiger partial charge in [-0.3, -0.25) is 5.32 Å². The topological polar surface area (TPSA) is 58.1 Å². The van der Waals surface area contributed by atoms with Crippen LogP contribution in [0.4, 0.5) is 15.6 Å². The molecule has 1 heterocycles. The van der Waals surface area contributed by atoms with Gasteiger partial charge in [0.25, 0.3) is 0 Å². The fourth-order valence-electron chi connectivity index (χ4n) is 1.41. The molecule has 8 heteroatoms. The third kappa shape index (κ3) is 3.37. The summed E-state index contributed by atoms with van der Waals surface area (Å²) < 4.78 is 1.19. The Hall–Kier alpha value is -1.31. The number of nitrogens with one attached hydrogen (secondary N) is 1. The molecular formula is C11H11ClN4OS2. The second-order valence-electron chi connectivity index (χ2n) is 3.80. The van der Waals surface area contributed by atoms with Crippen molar-refractivity contribution in [2.75, 3.05) is 9.62 Å². The highest BCUT2D eigenvalue weighted by atomic mass is 35.5. The van der Waals surface area contributed by atoms with Gasteiger partial charge in [-0.1, -0.05) is 41.8 Å². The van der Waals surface area contributed by atoms with Gasteiger partial charge in [0, 0.05) is 5.02 Å². The van der Waals surface area contributed by atoms with Crippen LogP contribution in [-0.4, -0.2) is 16.2 Å². The van der Waals surface area contributed by atoms with Gasteiger partial charge in [0.05, 0.1) is 5.69 Å². The highest BCUT2D eigenvalue weighted by Crippen LogP contribution is 2.26. The average Bonchev–Trinajstić information content (AvgIpc) is 2.77. The van der Waals surface area contributed by atoms with E-state index >= 15 is 0 Å². The Morgan fingerprint density at radius 3 is 2.79 bits per heavy atom. The smallest absolute Gasteiger partial charge is 0.281 e. The fraction of sp³-hybridized carbons (Fsp3) is 0.182. The highest BCUT2D eigenvalue weighted by Gasteiger charge is 2.16. The zero-order chi connectivity index (χ0) is 14.0. The number of nitrogens with zero attached hydrogens (tertiary/aromatic N) is 3. The van der Waals surface area contributed by atoms with Crippen molar-refractivity contribution in [3.8, 4) is 0 Å². The Bertz CT molecular complexity index is 616. The van der Waals surface area contributed by atoms with Gasteiger partial charge in [-0.05, 0) is 31.5 Å². The van der Waals surface area contributed by atoms with E-state index in [1.165, 1.54) is 15.6 Å². The maximum Gasteiger partial charge on any atom is 0.338 e. The molecule has 1 aromatic carbocycles. The van der Waals surface area contributed by atoms with Crippen LogP contribution in [-0.2, 0) is 0 Å². The molecule has 5 nitrogen and oxygen atoms in total. The largest absolute Gasteiger partial charge is 0.338 e. The first kappa shape index (κ1) is 14.1. The van der Waals surface area contributed by atoms with Gasteiger partial charge in [-0.2, -0.15) is 0 Å². The molecule has 0 radical (unpaired) electrons. The first-order chi connectivity index (χ1) is 8.97. The number of carbonyl (C=O) groups excluding carboxylic acids is 1. The third-order valence-electron chi connectivity index (χ3n) is 2.33. The number of urea groups is 1. The standard InChI is InChI=1S/C11H11ClN4OS2/c1-6-3-4-8(12)5-9(6)16(18)11(17)13-10-15-14-7(2)19-10/h3-5,18H,1-2H3,(H,13,15,17). The Balaban J connectivity index is 2.16. The lowest BCUT2D eigenvalue weighted by Gasteiger charge is -2.17. The maximum absolute atomic E-state index is 12.0. The molecule has 0 aliphatic rings. The van der Waals surface area contributed by atoms with Crippen LogP contribution < -0.4 is 9.62 Å². The quantitative estimate of drug-likeness (QED) is 0.831. The molecular weight excluding hydrogens is 304 g/mol. The van der Waals surface area contributed by atoms with E-state index in [-0.39, 0.29) is 0 Å². The molecule has 2 aromatic rings. The Morgan fingerprint density at radius 1 is 1.42 bits per heavy atom. The third-order valence-corrected chi connectivity index (χ3v) is 3.72. The number of anilines is 2. The molecule has 0 aliphatic carbocycles. The van der Waals surface area contributed by atoms with Crippen molar-refractivity contribution in [1.82, 2.24) is 10.2 Å². The van der Waals surface area contributed by atoms with E-state index in [1.54, 1.807) is 12.1 Å². The number of halogens is 1. The molecule has 0 saturated heterocycles. The molecule has 0 atom stereocenters. The van der Waals surface area contributed by atoms with E-state index in [4.69, 9.17) is 11.6 Å². The molecule has 0 aliphatic heterocycles. The minimum Gasteiger partial charge on any atom is -0.281 e. The lowest BCUT2D eigenvalue weighted by atomic mass is 10.2. The van der Waals surface area contributed by atoms with Crippen molar-refractivity contribution in [1.29, 1.82) is 0 Å². The minimum atomic E-state index is -0.412. The van der Waals surface area contributed by atoms with Crippen molar-refractivity contribution in [2.24, 2.45) is 0 Å². The summed E-state index contributed by atoms with van der Waals surface area (Å²) in [5, 5.41) is 12.0. The highest BCUT2D eigenvalue weighted by molar-refractivity contribution is 7.82. The molecule has 0 fully saturated rings. The van der Waals surface area contributed by atoms with E-state index in [1.807, 2.05) is 19.9 Å². The predicted molar refractivity (Wildman–Crippen MR) is 81.3 cm³/mol. The van der Waals surface area contributed by atoms with Crippen LogP contribution >= 0.6 is 35.8 Å². The van der Waals surface area contributed by atoms with Gasteiger partial charge in [-0.15, -0.1) is 10.2 Å². The molecule has 1 aromatic heterocycles. The van der Waals surface area contributed by atoms with Crippen molar-refractivity contribution < 1.29 is 4.79 Å². The predicted octanol–water partition coefficient (Wildman–Crippen LogP) is 3.69. The molecule has 0 bridgehead atoms. The summed E-state index contributed by atoms with van der Waals surface area (Å²) in [5.74, 6) is 0. The van der Waals surface area contributed by atoms with E-state index in [0.717, 1.165) is 10.6 Å². The normalized spacial score (nSPS) is 10.3. The first-order valence-electron chi connectivity index (χ1n) is 5.33. The number of thiol groups is 1. The number of aromatic nitrogens is 2. The van der Waals surface area contributed by atoms with Crippen molar-refractivity contribution >= 4 is 52.6 Å². The Morgan fingerprint density at radius 2 is 2.16 bits per heavy atom. The summed E-state index contributed by atoms with van der Waals surface area (Å²) in [4.78, 5) is 12.0. The molecule has 2 rings (SSSR count). The summed E-state index contributed by atoms with van der Waals surface area (Å²) in [6, 6.07) is 4.84. The SMILES string of the molecule is Cc1nnc(NC(=O)N(S)c2cc(Cl)ccc2C)s1. The maximum atomic E-state index is 12.0. The second-order valence-corrected chi connectivity index (χ2v) is 5.82. The molecule has 0 unspecified atom stereocenters. The minimum absolute atomic E-state index is 0.412. The van der Waals surface area contributed by atoms with Crippen LogP contribution in [0.25, 0.3) is 0 Å². The van der Waals surface area contributed by atoms with E-state index in [0.29, 0.717) is 15.8 Å². The Labute approximate surface area is 125 Å². The number of rotatable bonds is 2. The van der Waals surface area contributed by atoms with Gasteiger partial charge in [0.15, 0.2) is 0 Å². The number of aryl methyl sites for hydroxylation is 2. The van der Waals surface area contributed by atoms with Gasteiger partial charge in [0.2, 0.25) is 5.13 Å². The van der Waals surface area contributed by atoms with Crippen molar-refractivity contribution in [2.45, 2.75) is 13.8 Å². The molecule has 0 saturated carbocycles. The van der Waals surface area contributed by atoms with Gasteiger partial charge >= 0.3 is 6.03 Å². The average molecular weight is 315 g/mol. The molecule has 19 heavy (non-hydrogen) atoms. The number of hydrogen-bond acceptors (Lipinski definition) is 5. The number of benzene rings is 1. The van der Waals surface area contributed by atoms with Gasteiger partial charge < -0.3 is 0 Å². The van der Waals surface area contributed by atoms with Crippen molar-refractivity contribution in [3.05, 3.63) is 33.8 Å². The lowest BCUT2D eigenvalue weighted by molar-refractivity contribution is 0.260. The van der Waals surface area contributed by atoms with Crippen LogP contribution in [0.15, 0.2) is 18.2 Å². The van der Waals surface area contributed by atoms with E-state index < -0.39 is 6.03 Å². The number of hydrogen-bond donors (Lipinski definition) is 2. The van der Waals surface area contributed by atoms with Crippen LogP contribution in [0.1, 0.15) is 10.6 Å². The summed E-state index contributed by atoms with van der Waals surface area (Å²) in [6.07, 6.45) is 0. The lowest BCUT2D eigenvalue weighted by Crippen LogP contribution is -2.27. The fourth-order valence-corrected chi connectivity index (χ4v) is 2.42. The zero-order valence-electron chi connectivity index (χ0n) is 10.2. The van der Waals surface area contributed by atoms with Crippen LogP contribution in [0.3, 0.4) is 0 Å². The molecule has 100 valence electrons. The summed E-state index contributed by atoms with van der Waals surface area (Å²) in [5.41, 5.74) is 1.51. The van der Waals surface area contributed by atoms with Crippen LogP contribution in [0.2, 0.25) is 5.02 Å². The van der Waals surface area contributed by atoms with Gasteiger partial charge in [0.1, 0.15) is 5.01 Å². The second kappa shape index (κ2) is 5.77. The van der Waals surface area contributed by atoms with Crippen LogP contribution in [0.5, 0.6) is 0 Å². The van der Waals surface area contributed by atoms with Gasteiger partial charge in [-0.25, -0.2) is 9.10 Å². The monoisotopic (exact) mass is 314 g/mol. The molecule has 1 N–H and O–H groups in total. The molecule has 2 amide bonds. The molecule has 0 spiro atoms. The zero-order valence-corrected chi connectivity index (χ0v) is 12.7. The summed E-state index contributed by atoms with van der Waals surface area (Å²) in [7, 11) is 0.